The van der Waals surface area contributed by atoms with E-state index in [-0.39, 0.29) is 5.56 Å². The molecule has 1 heterocycles. The van der Waals surface area contributed by atoms with Gasteiger partial charge in [0.15, 0.2) is 0 Å². The van der Waals surface area contributed by atoms with Crippen molar-refractivity contribution in [3.8, 4) is 6.07 Å². The summed E-state index contributed by atoms with van der Waals surface area (Å²) in [4.78, 5) is 0. The van der Waals surface area contributed by atoms with Crippen LogP contribution in [0.1, 0.15) is 25.0 Å². The fourth-order valence-electron chi connectivity index (χ4n) is 1.95. The fourth-order valence-corrected chi connectivity index (χ4v) is 1.95. The van der Waals surface area contributed by atoms with Gasteiger partial charge in [-0.2, -0.15) is 5.26 Å². The Hall–Kier alpha value is -1.47. The summed E-state index contributed by atoms with van der Waals surface area (Å²) in [7, 11) is 0. The van der Waals surface area contributed by atoms with Gasteiger partial charge in [-0.3, -0.25) is 0 Å². The van der Waals surface area contributed by atoms with Gasteiger partial charge in [0.05, 0.1) is 19.3 Å². The third kappa shape index (κ3) is 1.89. The Morgan fingerprint density at radius 1 is 1.28 bits per heavy atom. The number of ether oxygens (including phenoxy) is 1. The first-order valence-corrected chi connectivity index (χ1v) is 5.90. The summed E-state index contributed by atoms with van der Waals surface area (Å²) in [6, 6.07) is 8.24. The molecule has 1 aliphatic rings. The first-order valence-electron chi connectivity index (χ1n) is 5.90. The van der Waals surface area contributed by atoms with Gasteiger partial charge in [0.2, 0.25) is 0 Å². The Balaban J connectivity index is 2.29. The van der Waals surface area contributed by atoms with E-state index in [0.29, 0.717) is 13.2 Å². The summed E-state index contributed by atoms with van der Waals surface area (Å²) >= 11 is 0. The van der Waals surface area contributed by atoms with E-state index in [1.807, 2.05) is 0 Å². The lowest BCUT2D eigenvalue weighted by atomic mass is 9.79. The summed E-state index contributed by atoms with van der Waals surface area (Å²) < 4.78 is 32.6. The molecule has 1 aromatic carbocycles. The van der Waals surface area contributed by atoms with Gasteiger partial charge in [-0.15, -0.1) is 0 Å². The van der Waals surface area contributed by atoms with Gasteiger partial charge in [0.25, 0.3) is 5.92 Å². The molecule has 0 N–H and O–H groups in total. The van der Waals surface area contributed by atoms with Gasteiger partial charge in [-0.1, -0.05) is 38.1 Å². The van der Waals surface area contributed by atoms with Crippen LogP contribution in [0.15, 0.2) is 24.3 Å². The predicted octanol–water partition coefficient (Wildman–Crippen LogP) is 3.23. The smallest absolute Gasteiger partial charge is 0.275 e. The zero-order valence-electron chi connectivity index (χ0n) is 10.4. The minimum atomic E-state index is -2.84. The molecule has 0 aliphatic carbocycles. The molecule has 0 bridgehead atoms. The SMILES string of the molecule is CC(C)C(F)(F)c1ccc(C2(C#N)COC2)cc1. The largest absolute Gasteiger partial charge is 0.377 e. The highest BCUT2D eigenvalue weighted by molar-refractivity contribution is 5.38. The maximum atomic E-state index is 13.8. The van der Waals surface area contributed by atoms with Crippen LogP contribution in [0.5, 0.6) is 0 Å². The van der Waals surface area contributed by atoms with Gasteiger partial charge in [0.1, 0.15) is 5.41 Å². The van der Waals surface area contributed by atoms with E-state index >= 15 is 0 Å². The monoisotopic (exact) mass is 251 g/mol. The quantitative estimate of drug-likeness (QED) is 0.826. The number of hydrogen-bond donors (Lipinski definition) is 0. The molecule has 0 aromatic heterocycles. The van der Waals surface area contributed by atoms with Gasteiger partial charge in [0, 0.05) is 11.5 Å². The van der Waals surface area contributed by atoms with Gasteiger partial charge >= 0.3 is 0 Å². The Labute approximate surface area is 105 Å². The van der Waals surface area contributed by atoms with Crippen molar-refractivity contribution in [2.24, 2.45) is 5.92 Å². The van der Waals surface area contributed by atoms with Crippen molar-refractivity contribution in [3.63, 3.8) is 0 Å². The Morgan fingerprint density at radius 2 is 1.83 bits per heavy atom. The molecule has 0 amide bonds. The number of alkyl halides is 2. The lowest BCUT2D eigenvalue weighted by Crippen LogP contribution is -2.45. The summed E-state index contributed by atoms with van der Waals surface area (Å²) in [6.45, 7) is 3.65. The molecular weight excluding hydrogens is 236 g/mol. The second kappa shape index (κ2) is 4.33. The summed E-state index contributed by atoms with van der Waals surface area (Å²) in [5, 5.41) is 9.13. The zero-order valence-corrected chi connectivity index (χ0v) is 10.4. The maximum absolute atomic E-state index is 13.8. The van der Waals surface area contributed by atoms with E-state index in [9.17, 15) is 8.78 Å². The van der Waals surface area contributed by atoms with Gasteiger partial charge in [-0.05, 0) is 5.56 Å². The molecule has 2 rings (SSSR count). The first kappa shape index (κ1) is 13.0. The maximum Gasteiger partial charge on any atom is 0.275 e. The second-order valence-corrected chi connectivity index (χ2v) is 5.04. The third-order valence-electron chi connectivity index (χ3n) is 3.46. The topological polar surface area (TPSA) is 33.0 Å². The average molecular weight is 251 g/mol. The predicted molar refractivity (Wildman–Crippen MR) is 63.3 cm³/mol. The molecule has 18 heavy (non-hydrogen) atoms. The number of halogens is 2. The molecule has 96 valence electrons. The number of nitrogens with zero attached hydrogens (tertiary/aromatic N) is 1. The molecule has 0 radical (unpaired) electrons. The minimum absolute atomic E-state index is 0.00502. The van der Waals surface area contributed by atoms with Crippen LogP contribution in [-0.4, -0.2) is 13.2 Å². The lowest BCUT2D eigenvalue weighted by molar-refractivity contribution is -0.0516. The molecule has 0 unspecified atom stereocenters. The molecule has 0 atom stereocenters. The Morgan fingerprint density at radius 3 is 2.17 bits per heavy atom. The molecule has 4 heteroatoms. The van der Waals surface area contributed by atoms with Gasteiger partial charge in [-0.25, -0.2) is 8.78 Å². The van der Waals surface area contributed by atoms with E-state index in [2.05, 4.69) is 6.07 Å². The van der Waals surface area contributed by atoms with E-state index in [1.165, 1.54) is 26.0 Å². The Kier molecular flexibility index (Phi) is 3.12. The molecule has 0 saturated carbocycles. The van der Waals surface area contributed by atoms with E-state index in [1.54, 1.807) is 12.1 Å². The zero-order chi connectivity index (χ0) is 13.4. The first-order chi connectivity index (χ1) is 8.42. The normalized spacial score (nSPS) is 18.2. The highest BCUT2D eigenvalue weighted by Crippen LogP contribution is 2.37. The van der Waals surface area contributed by atoms with Crippen molar-refractivity contribution in [1.29, 1.82) is 5.26 Å². The van der Waals surface area contributed by atoms with Crippen LogP contribution in [0, 0.1) is 17.2 Å². The fraction of sp³-hybridized carbons (Fsp3) is 0.500. The van der Waals surface area contributed by atoms with Crippen molar-refractivity contribution < 1.29 is 13.5 Å². The van der Waals surface area contributed by atoms with Crippen molar-refractivity contribution >= 4 is 0 Å². The number of rotatable bonds is 3. The van der Waals surface area contributed by atoms with Crippen LogP contribution in [0.25, 0.3) is 0 Å². The van der Waals surface area contributed by atoms with Crippen LogP contribution in [-0.2, 0) is 16.1 Å². The van der Waals surface area contributed by atoms with Crippen molar-refractivity contribution in [3.05, 3.63) is 35.4 Å². The van der Waals surface area contributed by atoms with Crippen molar-refractivity contribution in [1.82, 2.24) is 0 Å². The van der Waals surface area contributed by atoms with Crippen LogP contribution in [0.2, 0.25) is 0 Å². The highest BCUT2D eigenvalue weighted by Gasteiger charge is 2.41. The Bertz CT molecular complexity index is 470. The lowest BCUT2D eigenvalue weighted by Gasteiger charge is -2.35. The molecular formula is C14H15F2NO. The second-order valence-electron chi connectivity index (χ2n) is 5.04. The van der Waals surface area contributed by atoms with Crippen LogP contribution in [0.4, 0.5) is 8.78 Å². The number of hydrogen-bond acceptors (Lipinski definition) is 2. The van der Waals surface area contributed by atoms with Crippen molar-refractivity contribution in [2.45, 2.75) is 25.2 Å². The van der Waals surface area contributed by atoms with E-state index < -0.39 is 17.3 Å². The minimum Gasteiger partial charge on any atom is -0.377 e. The third-order valence-corrected chi connectivity index (χ3v) is 3.46. The van der Waals surface area contributed by atoms with Crippen LogP contribution < -0.4 is 0 Å². The average Bonchev–Trinajstić information content (AvgIpc) is 2.29. The standard InChI is InChI=1S/C14H15F2NO/c1-10(2)14(15,16)12-5-3-11(4-6-12)13(7-17)8-18-9-13/h3-6,10H,8-9H2,1-2H3. The van der Waals surface area contributed by atoms with E-state index in [0.717, 1.165) is 5.56 Å². The molecule has 1 aromatic rings. The van der Waals surface area contributed by atoms with Gasteiger partial charge < -0.3 is 4.74 Å². The van der Waals surface area contributed by atoms with E-state index in [4.69, 9.17) is 10.00 Å². The number of nitriles is 1. The summed E-state index contributed by atoms with van der Waals surface area (Å²) in [5.74, 6) is -3.59. The summed E-state index contributed by atoms with van der Waals surface area (Å²) in [6.07, 6.45) is 0. The highest BCUT2D eigenvalue weighted by atomic mass is 19.3. The molecule has 1 saturated heterocycles. The van der Waals surface area contributed by atoms with Crippen LogP contribution in [0.3, 0.4) is 0 Å². The molecule has 2 nitrogen and oxygen atoms in total. The molecule has 1 fully saturated rings. The molecule has 1 aliphatic heterocycles. The summed E-state index contributed by atoms with van der Waals surface area (Å²) in [5.41, 5.74) is 0.0974. The number of benzene rings is 1. The van der Waals surface area contributed by atoms with Crippen LogP contribution >= 0.6 is 0 Å². The molecule has 0 spiro atoms. The van der Waals surface area contributed by atoms with Crippen molar-refractivity contribution in [2.75, 3.05) is 13.2 Å².